The molecule has 2 aromatic carbocycles. The first-order valence-electron chi connectivity index (χ1n) is 5.76. The third kappa shape index (κ3) is 2.07. The standard InChI is InChI=1S/C15H13NO/c1-3-7-12(8-4-1)14-11-15(17-16-14)13-9-5-2-6-10-13/h1-10,15H,11H2/t15-/m0/s1. The van der Waals surface area contributed by atoms with Gasteiger partial charge in [-0.05, 0) is 11.1 Å². The summed E-state index contributed by atoms with van der Waals surface area (Å²) in [6, 6.07) is 20.4. The lowest BCUT2D eigenvalue weighted by Gasteiger charge is -2.07. The Morgan fingerprint density at radius 1 is 0.882 bits per heavy atom. The predicted molar refractivity (Wildman–Crippen MR) is 67.9 cm³/mol. The predicted octanol–water partition coefficient (Wildman–Crippen LogP) is 3.55. The minimum atomic E-state index is 0.0615. The zero-order valence-electron chi connectivity index (χ0n) is 9.41. The van der Waals surface area contributed by atoms with Gasteiger partial charge in [0, 0.05) is 6.42 Å². The minimum Gasteiger partial charge on any atom is -0.387 e. The number of rotatable bonds is 2. The Kier molecular flexibility index (Phi) is 2.62. The Bertz CT molecular complexity index is 519. The average molecular weight is 223 g/mol. The Labute approximate surface area is 101 Å². The van der Waals surface area contributed by atoms with Crippen LogP contribution in [0.5, 0.6) is 0 Å². The molecule has 1 atom stereocenters. The zero-order valence-corrected chi connectivity index (χ0v) is 9.41. The van der Waals surface area contributed by atoms with Crippen molar-refractivity contribution in [1.29, 1.82) is 0 Å². The van der Waals surface area contributed by atoms with Gasteiger partial charge in [-0.2, -0.15) is 0 Å². The zero-order chi connectivity index (χ0) is 11.5. The van der Waals surface area contributed by atoms with Crippen molar-refractivity contribution in [2.45, 2.75) is 12.5 Å². The summed E-state index contributed by atoms with van der Waals surface area (Å²) in [5.74, 6) is 0. The summed E-state index contributed by atoms with van der Waals surface area (Å²) in [6.45, 7) is 0. The van der Waals surface area contributed by atoms with Crippen molar-refractivity contribution in [3.05, 3.63) is 71.8 Å². The van der Waals surface area contributed by atoms with E-state index in [2.05, 4.69) is 29.4 Å². The van der Waals surface area contributed by atoms with Crippen molar-refractivity contribution in [1.82, 2.24) is 0 Å². The Morgan fingerprint density at radius 2 is 1.53 bits per heavy atom. The van der Waals surface area contributed by atoms with Crippen molar-refractivity contribution in [3.63, 3.8) is 0 Å². The second kappa shape index (κ2) is 4.42. The van der Waals surface area contributed by atoms with E-state index in [1.54, 1.807) is 0 Å². The summed E-state index contributed by atoms with van der Waals surface area (Å²) in [7, 11) is 0. The van der Waals surface area contributed by atoms with E-state index in [9.17, 15) is 0 Å². The number of hydrogen-bond acceptors (Lipinski definition) is 2. The van der Waals surface area contributed by atoms with E-state index in [0.717, 1.165) is 17.7 Å². The molecule has 2 heteroatoms. The third-order valence-corrected chi connectivity index (χ3v) is 2.95. The van der Waals surface area contributed by atoms with Crippen LogP contribution in [0.3, 0.4) is 0 Å². The SMILES string of the molecule is c1ccc(C2=NO[C@H](c3ccccc3)C2)cc1. The van der Waals surface area contributed by atoms with Gasteiger partial charge < -0.3 is 4.84 Å². The van der Waals surface area contributed by atoms with Gasteiger partial charge in [0.25, 0.3) is 0 Å². The van der Waals surface area contributed by atoms with E-state index in [1.807, 2.05) is 36.4 Å². The number of hydrogen-bond donors (Lipinski definition) is 0. The van der Waals surface area contributed by atoms with Crippen LogP contribution in [-0.2, 0) is 4.84 Å². The first-order chi connectivity index (χ1) is 8.43. The van der Waals surface area contributed by atoms with Gasteiger partial charge in [0.2, 0.25) is 0 Å². The van der Waals surface area contributed by atoms with Gasteiger partial charge in [-0.3, -0.25) is 0 Å². The lowest BCUT2D eigenvalue weighted by atomic mass is 10.0. The lowest BCUT2D eigenvalue weighted by Crippen LogP contribution is -2.01. The van der Waals surface area contributed by atoms with Crippen LogP contribution in [0, 0.1) is 0 Å². The Balaban J connectivity index is 1.78. The molecule has 0 saturated carbocycles. The fraction of sp³-hybridized carbons (Fsp3) is 0.133. The first kappa shape index (κ1) is 10.1. The van der Waals surface area contributed by atoms with E-state index in [4.69, 9.17) is 4.84 Å². The molecule has 1 heterocycles. The number of nitrogens with zero attached hydrogens (tertiary/aromatic N) is 1. The summed E-state index contributed by atoms with van der Waals surface area (Å²) in [5, 5.41) is 4.18. The van der Waals surface area contributed by atoms with Gasteiger partial charge >= 0.3 is 0 Å². The molecule has 1 aliphatic heterocycles. The molecule has 0 N–H and O–H groups in total. The van der Waals surface area contributed by atoms with Gasteiger partial charge in [0.15, 0.2) is 6.10 Å². The first-order valence-corrected chi connectivity index (χ1v) is 5.76. The maximum atomic E-state index is 5.49. The topological polar surface area (TPSA) is 21.6 Å². The van der Waals surface area contributed by atoms with E-state index in [0.29, 0.717) is 0 Å². The van der Waals surface area contributed by atoms with Gasteiger partial charge in [0.1, 0.15) is 0 Å². The molecule has 0 bridgehead atoms. The third-order valence-electron chi connectivity index (χ3n) is 2.95. The molecule has 0 aromatic heterocycles. The fourth-order valence-corrected chi connectivity index (χ4v) is 2.02. The fourth-order valence-electron chi connectivity index (χ4n) is 2.02. The maximum absolute atomic E-state index is 5.49. The molecule has 0 spiro atoms. The molecule has 3 rings (SSSR count). The Morgan fingerprint density at radius 3 is 2.24 bits per heavy atom. The summed E-state index contributed by atoms with van der Waals surface area (Å²) < 4.78 is 0. The van der Waals surface area contributed by atoms with Crippen molar-refractivity contribution in [2.75, 3.05) is 0 Å². The quantitative estimate of drug-likeness (QED) is 0.763. The van der Waals surface area contributed by atoms with Crippen LogP contribution in [-0.4, -0.2) is 5.71 Å². The smallest absolute Gasteiger partial charge is 0.158 e. The van der Waals surface area contributed by atoms with Crippen molar-refractivity contribution < 1.29 is 4.84 Å². The largest absolute Gasteiger partial charge is 0.387 e. The molecule has 0 saturated heterocycles. The number of benzene rings is 2. The van der Waals surface area contributed by atoms with Crippen molar-refractivity contribution >= 4 is 5.71 Å². The molecule has 0 unspecified atom stereocenters. The molecule has 84 valence electrons. The normalized spacial score (nSPS) is 18.6. The van der Waals surface area contributed by atoms with E-state index < -0.39 is 0 Å². The highest BCUT2D eigenvalue weighted by molar-refractivity contribution is 6.01. The van der Waals surface area contributed by atoms with Crippen LogP contribution < -0.4 is 0 Å². The Hall–Kier alpha value is -2.09. The second-order valence-corrected chi connectivity index (χ2v) is 4.11. The van der Waals surface area contributed by atoms with Crippen molar-refractivity contribution in [3.8, 4) is 0 Å². The summed E-state index contributed by atoms with van der Waals surface area (Å²) >= 11 is 0. The molecule has 0 aliphatic carbocycles. The van der Waals surface area contributed by atoms with E-state index in [1.165, 1.54) is 5.56 Å². The van der Waals surface area contributed by atoms with Crippen LogP contribution in [0.4, 0.5) is 0 Å². The van der Waals surface area contributed by atoms with Crippen LogP contribution in [0.15, 0.2) is 65.8 Å². The lowest BCUT2D eigenvalue weighted by molar-refractivity contribution is 0.0857. The molecule has 2 aromatic rings. The van der Waals surface area contributed by atoms with Crippen LogP contribution in [0.1, 0.15) is 23.7 Å². The minimum absolute atomic E-state index is 0.0615. The molecule has 0 fully saturated rings. The molecule has 0 amide bonds. The molecule has 17 heavy (non-hydrogen) atoms. The summed E-state index contributed by atoms with van der Waals surface area (Å²) in [4.78, 5) is 5.49. The maximum Gasteiger partial charge on any atom is 0.158 e. The van der Waals surface area contributed by atoms with Gasteiger partial charge in [-0.15, -0.1) is 0 Å². The summed E-state index contributed by atoms with van der Waals surface area (Å²) in [6.07, 6.45) is 0.903. The van der Waals surface area contributed by atoms with E-state index >= 15 is 0 Å². The van der Waals surface area contributed by atoms with Gasteiger partial charge in [-0.25, -0.2) is 0 Å². The highest BCUT2D eigenvalue weighted by atomic mass is 16.6. The molecule has 2 nitrogen and oxygen atoms in total. The van der Waals surface area contributed by atoms with Gasteiger partial charge in [0.05, 0.1) is 5.71 Å². The molecular formula is C15H13NO. The second-order valence-electron chi connectivity index (χ2n) is 4.11. The highest BCUT2D eigenvalue weighted by Gasteiger charge is 2.23. The molecular weight excluding hydrogens is 210 g/mol. The highest BCUT2D eigenvalue weighted by Crippen LogP contribution is 2.28. The van der Waals surface area contributed by atoms with Gasteiger partial charge in [-0.1, -0.05) is 65.8 Å². The molecule has 0 radical (unpaired) electrons. The van der Waals surface area contributed by atoms with Crippen LogP contribution in [0.25, 0.3) is 0 Å². The molecule has 1 aliphatic rings. The average Bonchev–Trinajstić information content (AvgIpc) is 2.90. The van der Waals surface area contributed by atoms with E-state index in [-0.39, 0.29) is 6.10 Å². The van der Waals surface area contributed by atoms with Crippen molar-refractivity contribution in [2.24, 2.45) is 5.16 Å². The van der Waals surface area contributed by atoms with Crippen LogP contribution in [0.2, 0.25) is 0 Å². The monoisotopic (exact) mass is 223 g/mol. The number of oxime groups is 1. The van der Waals surface area contributed by atoms with Crippen LogP contribution >= 0.6 is 0 Å². The summed E-state index contributed by atoms with van der Waals surface area (Å²) in [5.41, 5.74) is 3.35.